The molecule has 1 unspecified atom stereocenters. The number of likely N-dealkylation sites (tertiary alicyclic amines) is 1. The van der Waals surface area contributed by atoms with Crippen molar-refractivity contribution >= 4 is 11.6 Å². The highest BCUT2D eigenvalue weighted by Gasteiger charge is 3.02. The summed E-state index contributed by atoms with van der Waals surface area (Å²) in [5.41, 5.74) is -7.86. The molecule has 1 saturated heterocycles. The molecule has 0 bridgehead atoms. The summed E-state index contributed by atoms with van der Waals surface area (Å²) < 4.78 is 206. The van der Waals surface area contributed by atoms with E-state index >= 15 is 0 Å². The smallest absolute Gasteiger partial charge is 0.218 e. The van der Waals surface area contributed by atoms with Crippen LogP contribution < -0.4 is 0 Å². The lowest BCUT2D eigenvalue weighted by Gasteiger charge is -2.40. The van der Waals surface area contributed by atoms with Crippen molar-refractivity contribution in [3.8, 4) is 0 Å². The summed E-state index contributed by atoms with van der Waals surface area (Å²) in [6, 6.07) is -23.5. The van der Waals surface area contributed by atoms with Crippen LogP contribution in [0.15, 0.2) is 0 Å². The summed E-state index contributed by atoms with van der Waals surface area (Å²) in [4.78, 5) is -4.25. The fraction of sp³-hybridized carbons (Fsp3) is 1.00. The predicted molar refractivity (Wildman–Crippen MR) is 47.3 cm³/mol. The summed E-state index contributed by atoms with van der Waals surface area (Å²) in [5.74, 6) is -15.4. The number of halogens is 17. The van der Waals surface area contributed by atoms with Crippen LogP contribution in [-0.4, -0.2) is 52.1 Å². The molecular weight excluding hydrogens is 450 g/mol. The van der Waals surface area contributed by atoms with Gasteiger partial charge in [0.25, 0.3) is 0 Å². The zero-order valence-corrected chi connectivity index (χ0v) is 11.6. The molecule has 0 saturated carbocycles. The van der Waals surface area contributed by atoms with Gasteiger partial charge in [0.05, 0.1) is 0 Å². The molecule has 0 aromatic rings. The van der Waals surface area contributed by atoms with E-state index in [4.69, 9.17) is 0 Å². The van der Waals surface area contributed by atoms with E-state index in [1.807, 2.05) is 0 Å². The summed E-state index contributed by atoms with van der Waals surface area (Å²) in [5, 5.41) is -6.71. The summed E-state index contributed by atoms with van der Waals surface area (Å²) >= 11 is 3.42. The van der Waals surface area contributed by atoms with Gasteiger partial charge < -0.3 is 0 Å². The maximum Gasteiger partial charge on any atom is 0.436 e. The average Bonchev–Trinajstić information content (AvgIpc) is 2.40. The lowest BCUT2D eigenvalue weighted by atomic mass is 9.97. The van der Waals surface area contributed by atoms with E-state index in [2.05, 4.69) is 11.6 Å². The lowest BCUT2D eigenvalue weighted by molar-refractivity contribution is -0.428. The zero-order valence-electron chi connectivity index (χ0n) is 10.9. The molecule has 156 valence electrons. The minimum absolute atomic E-state index is 3.42. The van der Waals surface area contributed by atoms with Gasteiger partial charge in [-0.15, -0.1) is 4.90 Å². The minimum Gasteiger partial charge on any atom is -0.218 e. The van der Waals surface area contributed by atoms with Gasteiger partial charge in [0, 0.05) is 0 Å². The Labute approximate surface area is 135 Å². The van der Waals surface area contributed by atoms with E-state index in [0.29, 0.717) is 0 Å². The Morgan fingerprint density at radius 3 is 1.19 bits per heavy atom. The van der Waals surface area contributed by atoms with Gasteiger partial charge >= 0.3 is 47.2 Å². The first-order chi connectivity index (χ1) is 10.9. The van der Waals surface area contributed by atoms with E-state index in [9.17, 15) is 70.2 Å². The first-order valence-corrected chi connectivity index (χ1v) is 5.76. The molecule has 0 radical (unpaired) electrons. The molecule has 1 rings (SSSR count). The summed E-state index contributed by atoms with van der Waals surface area (Å²) in [6.07, 6.45) is -7.74. The zero-order chi connectivity index (χ0) is 21.6. The number of nitrogens with zero attached hydrogens (tertiary/aromatic N) is 1. The van der Waals surface area contributed by atoms with Crippen LogP contribution in [0.5, 0.6) is 0 Å². The van der Waals surface area contributed by atoms with Gasteiger partial charge in [-0.1, -0.05) is 0 Å². The number of hydrogen-bond acceptors (Lipinski definition) is 1. The van der Waals surface area contributed by atoms with Crippen molar-refractivity contribution in [1.82, 2.24) is 4.90 Å². The summed E-state index contributed by atoms with van der Waals surface area (Å²) in [7, 11) is 0. The Kier molecular flexibility index (Phi) is 4.58. The second-order valence-electron chi connectivity index (χ2n) is 4.76. The number of rotatable bonds is 3. The molecule has 0 amide bonds. The van der Waals surface area contributed by atoms with Crippen LogP contribution in [0, 0.1) is 0 Å². The topological polar surface area (TPSA) is 3.24 Å². The lowest BCUT2D eigenvalue weighted by Crippen LogP contribution is -2.69. The fourth-order valence-corrected chi connectivity index (χ4v) is 1.99. The highest BCUT2D eigenvalue weighted by Crippen LogP contribution is 2.70. The van der Waals surface area contributed by atoms with Crippen LogP contribution in [0.1, 0.15) is 0 Å². The molecule has 1 heterocycles. The Hall–Kier alpha value is -0.870. The maximum absolute atomic E-state index is 13.4. The fourth-order valence-electron chi connectivity index (χ4n) is 1.88. The largest absolute Gasteiger partial charge is 0.436 e. The van der Waals surface area contributed by atoms with Gasteiger partial charge in [-0.05, 0) is 11.6 Å². The van der Waals surface area contributed by atoms with Crippen molar-refractivity contribution in [3.05, 3.63) is 0 Å². The molecule has 0 N–H and O–H groups in total. The van der Waals surface area contributed by atoms with Crippen LogP contribution in [0.2, 0.25) is 0 Å². The number of hydrogen-bond donors (Lipinski definition) is 0. The van der Waals surface area contributed by atoms with Crippen molar-refractivity contribution in [2.24, 2.45) is 0 Å². The standard InChI is InChI=1S/C8ClF16N/c9-4(15,16)3(13,14)8(24,25)26-6(20,21)1(10,5(17,18)19)2(11,12)7(26,22)23. The Morgan fingerprint density at radius 1 is 0.615 bits per heavy atom. The molecule has 26 heavy (non-hydrogen) atoms. The van der Waals surface area contributed by atoms with Crippen molar-refractivity contribution < 1.29 is 70.2 Å². The Morgan fingerprint density at radius 2 is 0.962 bits per heavy atom. The molecule has 1 fully saturated rings. The van der Waals surface area contributed by atoms with Crippen LogP contribution in [-0.2, 0) is 0 Å². The SMILES string of the molecule is FC(F)(F)C1(F)C(F)(F)N(C(F)(F)C(F)(F)C(F)(F)Cl)C(F)(F)C1(F)F. The van der Waals surface area contributed by atoms with Crippen LogP contribution in [0.4, 0.5) is 70.2 Å². The highest BCUT2D eigenvalue weighted by molar-refractivity contribution is 6.22. The Balaban J connectivity index is 3.90. The third kappa shape index (κ3) is 2.24. The number of alkyl halides is 17. The van der Waals surface area contributed by atoms with E-state index in [0.717, 1.165) is 0 Å². The predicted octanol–water partition coefficient (Wildman–Crippen LogP) is 5.45. The van der Waals surface area contributed by atoms with Crippen LogP contribution >= 0.6 is 11.6 Å². The van der Waals surface area contributed by atoms with Crippen LogP contribution in [0.3, 0.4) is 0 Å². The maximum atomic E-state index is 13.4. The normalized spacial score (nSPS) is 29.9. The first kappa shape index (κ1) is 23.2. The van der Waals surface area contributed by atoms with Gasteiger partial charge in [-0.2, -0.15) is 65.9 Å². The molecule has 1 atom stereocenters. The van der Waals surface area contributed by atoms with Gasteiger partial charge in [-0.25, -0.2) is 4.39 Å². The molecule has 0 aliphatic carbocycles. The van der Waals surface area contributed by atoms with Gasteiger partial charge in [0.1, 0.15) is 0 Å². The quantitative estimate of drug-likeness (QED) is 0.315. The molecule has 1 aliphatic heterocycles. The van der Waals surface area contributed by atoms with E-state index in [1.54, 1.807) is 0 Å². The average molecular weight is 450 g/mol. The van der Waals surface area contributed by atoms with Crippen molar-refractivity contribution in [1.29, 1.82) is 0 Å². The van der Waals surface area contributed by atoms with Crippen LogP contribution in [0.25, 0.3) is 0 Å². The van der Waals surface area contributed by atoms with Gasteiger partial charge in [0.15, 0.2) is 0 Å². The monoisotopic (exact) mass is 449 g/mol. The summed E-state index contributed by atoms with van der Waals surface area (Å²) in [6.45, 7) is 0. The molecule has 0 spiro atoms. The Bertz CT molecular complexity index is 574. The van der Waals surface area contributed by atoms with Crippen molar-refractivity contribution in [2.75, 3.05) is 0 Å². The molecule has 0 aromatic carbocycles. The van der Waals surface area contributed by atoms with E-state index in [1.165, 1.54) is 0 Å². The molecule has 18 heteroatoms. The third-order valence-electron chi connectivity index (χ3n) is 3.19. The molecule has 0 aromatic heterocycles. The van der Waals surface area contributed by atoms with Gasteiger partial charge in [0.2, 0.25) is 0 Å². The first-order valence-electron chi connectivity index (χ1n) is 5.38. The van der Waals surface area contributed by atoms with E-state index < -0.39 is 52.1 Å². The molecular formula is C8ClF16N. The molecule has 1 nitrogen and oxygen atoms in total. The highest BCUT2D eigenvalue weighted by atomic mass is 35.5. The molecule has 1 aliphatic rings. The second-order valence-corrected chi connectivity index (χ2v) is 5.24. The second kappa shape index (κ2) is 5.14. The minimum atomic E-state index is -7.90. The third-order valence-corrected chi connectivity index (χ3v) is 3.43. The van der Waals surface area contributed by atoms with E-state index in [-0.39, 0.29) is 0 Å². The van der Waals surface area contributed by atoms with Gasteiger partial charge in [-0.3, -0.25) is 0 Å². The van der Waals surface area contributed by atoms with Crippen molar-refractivity contribution in [2.45, 2.75) is 47.2 Å². The van der Waals surface area contributed by atoms with Crippen molar-refractivity contribution in [3.63, 3.8) is 0 Å².